The number of unbranched alkanes of at least 4 members (excludes halogenated alkanes) is 1. The molecule has 2 aromatic rings. The Balaban J connectivity index is 1.95. The third-order valence-corrected chi connectivity index (χ3v) is 4.41. The summed E-state index contributed by atoms with van der Waals surface area (Å²) in [5.74, 6) is 0.383. The fourth-order valence-electron chi connectivity index (χ4n) is 2.58. The van der Waals surface area contributed by atoms with Gasteiger partial charge in [0.25, 0.3) is 0 Å². The predicted octanol–water partition coefficient (Wildman–Crippen LogP) is 5.31. The Morgan fingerprint density at radius 1 is 0.966 bits per heavy atom. The van der Waals surface area contributed by atoms with Crippen LogP contribution in [0.2, 0.25) is 5.02 Å². The maximum absolute atomic E-state index is 12.4. The molecular weight excluding hydrogens is 390 g/mol. The lowest BCUT2D eigenvalue weighted by atomic mass is 10.2. The van der Waals surface area contributed by atoms with Crippen LogP contribution in [0.4, 0.5) is 17.1 Å². The van der Waals surface area contributed by atoms with Gasteiger partial charge in [-0.2, -0.15) is 0 Å². The van der Waals surface area contributed by atoms with E-state index in [0.717, 1.165) is 24.9 Å². The van der Waals surface area contributed by atoms with Crippen LogP contribution >= 0.6 is 11.6 Å². The lowest BCUT2D eigenvalue weighted by Gasteiger charge is -2.14. The van der Waals surface area contributed by atoms with Crippen molar-refractivity contribution in [2.24, 2.45) is 0 Å². The van der Waals surface area contributed by atoms with E-state index in [1.54, 1.807) is 18.2 Å². The molecule has 6 nitrogen and oxygen atoms in total. The van der Waals surface area contributed by atoms with Crippen molar-refractivity contribution in [1.29, 1.82) is 0 Å². The number of carbonyl (C=O) groups is 2. The Bertz CT molecular complexity index is 827. The molecule has 0 saturated heterocycles. The summed E-state index contributed by atoms with van der Waals surface area (Å²) in [4.78, 5) is 24.1. The van der Waals surface area contributed by atoms with Crippen LogP contribution in [-0.4, -0.2) is 25.0 Å². The van der Waals surface area contributed by atoms with E-state index in [4.69, 9.17) is 16.3 Å². The van der Waals surface area contributed by atoms with Crippen molar-refractivity contribution < 1.29 is 14.3 Å². The third kappa shape index (κ3) is 7.66. The monoisotopic (exact) mass is 417 g/mol. The number of carbonyl (C=O) groups excluding carboxylic acids is 2. The van der Waals surface area contributed by atoms with E-state index in [1.165, 1.54) is 0 Å². The van der Waals surface area contributed by atoms with Gasteiger partial charge in [-0.05, 0) is 43.2 Å². The number of hydrogen-bond acceptors (Lipinski definition) is 4. The number of amides is 2. The molecule has 0 radical (unpaired) electrons. The van der Waals surface area contributed by atoms with E-state index in [2.05, 4.69) is 22.9 Å². The highest BCUT2D eigenvalue weighted by molar-refractivity contribution is 6.33. The van der Waals surface area contributed by atoms with Gasteiger partial charge in [-0.1, -0.05) is 44.0 Å². The first-order valence-corrected chi connectivity index (χ1v) is 10.3. The average molecular weight is 418 g/mol. The standard InChI is InChI=1S/C22H28ClN3O3/c1-3-5-13-29-20-10-7-6-9-18(20)24-15-22(28)26-19-14-16(11-12-17(19)23)25-21(27)8-4-2/h6-7,9-12,14,24H,3-5,8,13,15H2,1-2H3,(H,25,27)(H,26,28). The molecule has 0 saturated carbocycles. The molecule has 0 bridgehead atoms. The van der Waals surface area contributed by atoms with E-state index in [9.17, 15) is 9.59 Å². The molecule has 0 aliphatic rings. The first kappa shape index (κ1) is 22.6. The van der Waals surface area contributed by atoms with Crippen LogP contribution in [0.15, 0.2) is 42.5 Å². The van der Waals surface area contributed by atoms with Gasteiger partial charge < -0.3 is 20.7 Å². The van der Waals surface area contributed by atoms with Crippen LogP contribution in [0.5, 0.6) is 5.75 Å². The lowest BCUT2D eigenvalue weighted by Crippen LogP contribution is -2.22. The smallest absolute Gasteiger partial charge is 0.243 e. The third-order valence-electron chi connectivity index (χ3n) is 4.08. The van der Waals surface area contributed by atoms with Crippen molar-refractivity contribution in [1.82, 2.24) is 0 Å². The largest absolute Gasteiger partial charge is 0.491 e. The Hall–Kier alpha value is -2.73. The van der Waals surface area contributed by atoms with Crippen LogP contribution in [0.25, 0.3) is 0 Å². The Morgan fingerprint density at radius 3 is 2.52 bits per heavy atom. The summed E-state index contributed by atoms with van der Waals surface area (Å²) >= 11 is 6.18. The second-order valence-corrected chi connectivity index (χ2v) is 7.00. The van der Waals surface area contributed by atoms with Gasteiger partial charge in [0.1, 0.15) is 5.75 Å². The van der Waals surface area contributed by atoms with Gasteiger partial charge in [-0.3, -0.25) is 9.59 Å². The van der Waals surface area contributed by atoms with E-state index in [1.807, 2.05) is 31.2 Å². The van der Waals surface area contributed by atoms with E-state index in [0.29, 0.717) is 35.2 Å². The molecule has 0 unspecified atom stereocenters. The van der Waals surface area contributed by atoms with Crippen LogP contribution in [0, 0.1) is 0 Å². The molecular formula is C22H28ClN3O3. The van der Waals surface area contributed by atoms with Gasteiger partial charge >= 0.3 is 0 Å². The molecule has 0 fully saturated rings. The van der Waals surface area contributed by atoms with Crippen LogP contribution in [0.3, 0.4) is 0 Å². The fraction of sp³-hybridized carbons (Fsp3) is 0.364. The van der Waals surface area contributed by atoms with Crippen LogP contribution in [0.1, 0.15) is 39.5 Å². The summed E-state index contributed by atoms with van der Waals surface area (Å²) in [5, 5.41) is 9.06. The highest BCUT2D eigenvalue weighted by atomic mass is 35.5. The Kier molecular flexibility index (Phi) is 9.31. The summed E-state index contributed by atoms with van der Waals surface area (Å²) in [6.45, 7) is 4.73. The molecule has 0 aliphatic carbocycles. The number of halogens is 1. The van der Waals surface area contributed by atoms with Gasteiger partial charge in [0, 0.05) is 12.1 Å². The minimum absolute atomic E-state index is 0.0525. The fourth-order valence-corrected chi connectivity index (χ4v) is 2.75. The maximum Gasteiger partial charge on any atom is 0.243 e. The van der Waals surface area contributed by atoms with E-state index in [-0.39, 0.29) is 18.4 Å². The second-order valence-electron chi connectivity index (χ2n) is 6.59. The summed E-state index contributed by atoms with van der Waals surface area (Å²) in [6.07, 6.45) is 3.22. The first-order chi connectivity index (χ1) is 14.0. The average Bonchev–Trinajstić information content (AvgIpc) is 2.70. The summed E-state index contributed by atoms with van der Waals surface area (Å²) in [5.41, 5.74) is 1.79. The van der Waals surface area contributed by atoms with Gasteiger partial charge in [-0.15, -0.1) is 0 Å². The lowest BCUT2D eigenvalue weighted by molar-refractivity contribution is -0.116. The zero-order valence-electron chi connectivity index (χ0n) is 16.9. The van der Waals surface area contributed by atoms with E-state index < -0.39 is 0 Å². The van der Waals surface area contributed by atoms with E-state index >= 15 is 0 Å². The zero-order valence-corrected chi connectivity index (χ0v) is 17.6. The minimum Gasteiger partial charge on any atom is -0.491 e. The van der Waals surface area contributed by atoms with Crippen molar-refractivity contribution in [2.45, 2.75) is 39.5 Å². The molecule has 156 valence electrons. The van der Waals surface area contributed by atoms with Crippen molar-refractivity contribution in [3.05, 3.63) is 47.5 Å². The Labute approximate surface area is 177 Å². The number of hydrogen-bond donors (Lipinski definition) is 3. The number of nitrogens with one attached hydrogen (secondary N) is 3. The highest BCUT2D eigenvalue weighted by Crippen LogP contribution is 2.26. The van der Waals surface area contributed by atoms with Gasteiger partial charge in [-0.25, -0.2) is 0 Å². The molecule has 0 heterocycles. The molecule has 0 atom stereocenters. The van der Waals surface area contributed by atoms with Crippen molar-refractivity contribution in [3.8, 4) is 5.75 Å². The molecule has 2 amide bonds. The second kappa shape index (κ2) is 12.0. The summed E-state index contributed by atoms with van der Waals surface area (Å²) < 4.78 is 5.76. The number of ether oxygens (including phenoxy) is 1. The molecule has 2 rings (SSSR count). The SMILES string of the molecule is CCCCOc1ccccc1NCC(=O)Nc1cc(NC(=O)CCC)ccc1Cl. The number of para-hydroxylation sites is 2. The van der Waals surface area contributed by atoms with Crippen LogP contribution in [-0.2, 0) is 9.59 Å². The maximum atomic E-state index is 12.4. The van der Waals surface area contributed by atoms with Crippen molar-refractivity contribution in [2.75, 3.05) is 29.1 Å². The normalized spacial score (nSPS) is 10.3. The summed E-state index contributed by atoms with van der Waals surface area (Å²) in [6, 6.07) is 12.5. The number of anilines is 3. The zero-order chi connectivity index (χ0) is 21.1. The first-order valence-electron chi connectivity index (χ1n) is 9.88. The van der Waals surface area contributed by atoms with Gasteiger partial charge in [0.05, 0.1) is 29.5 Å². The minimum atomic E-state index is -0.257. The molecule has 0 spiro atoms. The molecule has 0 aliphatic heterocycles. The topological polar surface area (TPSA) is 79.5 Å². The van der Waals surface area contributed by atoms with Crippen LogP contribution < -0.4 is 20.7 Å². The molecule has 2 aromatic carbocycles. The molecule has 29 heavy (non-hydrogen) atoms. The van der Waals surface area contributed by atoms with Crippen molar-refractivity contribution in [3.63, 3.8) is 0 Å². The highest BCUT2D eigenvalue weighted by Gasteiger charge is 2.10. The quantitative estimate of drug-likeness (QED) is 0.433. The summed E-state index contributed by atoms with van der Waals surface area (Å²) in [7, 11) is 0. The molecule has 7 heteroatoms. The van der Waals surface area contributed by atoms with Crippen molar-refractivity contribution >= 4 is 40.5 Å². The van der Waals surface area contributed by atoms with Gasteiger partial charge in [0.2, 0.25) is 11.8 Å². The molecule has 0 aromatic heterocycles. The predicted molar refractivity (Wildman–Crippen MR) is 119 cm³/mol. The van der Waals surface area contributed by atoms with Gasteiger partial charge in [0.15, 0.2) is 0 Å². The Morgan fingerprint density at radius 2 is 1.76 bits per heavy atom. The molecule has 3 N–H and O–H groups in total. The number of rotatable bonds is 11. The number of benzene rings is 2.